The van der Waals surface area contributed by atoms with E-state index in [4.69, 9.17) is 10.00 Å². The molecule has 0 radical (unpaired) electrons. The second-order valence-corrected chi connectivity index (χ2v) is 10.3. The SMILES string of the molecule is CC(C)(C)OC(=O)N1CCN(CC=CCN2C(=O)N(c3ccc(C#N)c(C(F)(F)F)c3)C(=O)C2(C)C)C1=O. The van der Waals surface area contributed by atoms with Crippen molar-refractivity contribution in [1.29, 1.82) is 5.26 Å². The molecule has 0 bridgehead atoms. The monoisotopic (exact) mass is 535 g/mol. The van der Waals surface area contributed by atoms with E-state index in [0.29, 0.717) is 11.0 Å². The second kappa shape index (κ2) is 10.00. The Balaban J connectivity index is 1.70. The molecule has 10 nitrogen and oxygen atoms in total. The van der Waals surface area contributed by atoms with Crippen LogP contribution < -0.4 is 4.90 Å². The fourth-order valence-electron chi connectivity index (χ4n) is 3.99. The van der Waals surface area contributed by atoms with Gasteiger partial charge in [0.1, 0.15) is 11.1 Å². The smallest absolute Gasteiger partial charge is 0.418 e. The van der Waals surface area contributed by atoms with Crippen LogP contribution in [0.25, 0.3) is 0 Å². The summed E-state index contributed by atoms with van der Waals surface area (Å²) in [6, 6.07) is 2.76. The summed E-state index contributed by atoms with van der Waals surface area (Å²) in [5, 5.41) is 9.01. The summed E-state index contributed by atoms with van der Waals surface area (Å²) < 4.78 is 45.5. The molecule has 204 valence electrons. The fraction of sp³-hybridized carbons (Fsp3) is 0.480. The van der Waals surface area contributed by atoms with Gasteiger partial charge in [-0.3, -0.25) is 4.79 Å². The van der Waals surface area contributed by atoms with Crippen LogP contribution in [-0.4, -0.2) is 76.1 Å². The molecule has 0 aliphatic carbocycles. The van der Waals surface area contributed by atoms with Gasteiger partial charge in [-0.1, -0.05) is 12.2 Å². The summed E-state index contributed by atoms with van der Waals surface area (Å²) in [6.07, 6.45) is -2.44. The molecule has 1 aromatic rings. The van der Waals surface area contributed by atoms with E-state index >= 15 is 0 Å². The Kier molecular flexibility index (Phi) is 7.50. The van der Waals surface area contributed by atoms with Crippen LogP contribution in [0.1, 0.15) is 45.7 Å². The maximum Gasteiger partial charge on any atom is 0.418 e. The highest BCUT2D eigenvalue weighted by Crippen LogP contribution is 2.37. The van der Waals surface area contributed by atoms with Crippen LogP contribution in [0.4, 0.5) is 33.2 Å². The second-order valence-electron chi connectivity index (χ2n) is 10.3. The van der Waals surface area contributed by atoms with E-state index < -0.39 is 52.5 Å². The molecule has 2 aliphatic rings. The van der Waals surface area contributed by atoms with Crippen molar-refractivity contribution in [3.8, 4) is 6.07 Å². The molecule has 0 N–H and O–H groups in total. The van der Waals surface area contributed by atoms with Crippen molar-refractivity contribution >= 4 is 29.8 Å². The van der Waals surface area contributed by atoms with Crippen molar-refractivity contribution in [3.63, 3.8) is 0 Å². The zero-order valence-electron chi connectivity index (χ0n) is 21.6. The highest BCUT2D eigenvalue weighted by atomic mass is 19.4. The minimum atomic E-state index is -4.85. The summed E-state index contributed by atoms with van der Waals surface area (Å²) >= 11 is 0. The standard InChI is InChI=1S/C25H28F3N5O5/c1-23(2,3)38-22(37)31-13-12-30(20(31)35)10-6-7-11-32-21(36)33(19(34)24(32,4)5)17-9-8-16(15-29)18(14-17)25(26,27)28/h6-9,14H,10-13H2,1-5H3. The van der Waals surface area contributed by atoms with Crippen LogP contribution in [0, 0.1) is 11.3 Å². The van der Waals surface area contributed by atoms with Crippen LogP contribution in [0.3, 0.4) is 0 Å². The molecule has 3 rings (SSSR count). The molecule has 0 saturated carbocycles. The van der Waals surface area contributed by atoms with Crippen molar-refractivity contribution in [3.05, 3.63) is 41.5 Å². The van der Waals surface area contributed by atoms with Crippen molar-refractivity contribution in [2.24, 2.45) is 0 Å². The quantitative estimate of drug-likeness (QED) is 0.409. The fourth-order valence-corrected chi connectivity index (χ4v) is 3.99. The Hall–Kier alpha value is -4.08. The van der Waals surface area contributed by atoms with E-state index in [9.17, 15) is 32.3 Å². The summed E-state index contributed by atoms with van der Waals surface area (Å²) in [5.41, 5.74) is -4.29. The third kappa shape index (κ3) is 5.58. The molecule has 0 atom stereocenters. The number of nitrogens with zero attached hydrogens (tertiary/aromatic N) is 5. The highest BCUT2D eigenvalue weighted by molar-refractivity contribution is 6.23. The Morgan fingerprint density at radius 1 is 1.08 bits per heavy atom. The number of hydrogen-bond donors (Lipinski definition) is 0. The first-order chi connectivity index (χ1) is 17.5. The lowest BCUT2D eigenvalue weighted by molar-refractivity contribution is -0.137. The van der Waals surface area contributed by atoms with Crippen molar-refractivity contribution in [2.75, 3.05) is 31.1 Å². The maximum absolute atomic E-state index is 13.4. The molecule has 2 heterocycles. The molecule has 0 aromatic heterocycles. The minimum absolute atomic E-state index is 0.0612. The van der Waals surface area contributed by atoms with Gasteiger partial charge in [-0.15, -0.1) is 0 Å². The van der Waals surface area contributed by atoms with Gasteiger partial charge in [0.25, 0.3) is 5.91 Å². The van der Waals surface area contributed by atoms with Crippen LogP contribution in [-0.2, 0) is 15.7 Å². The number of halogens is 3. The molecular weight excluding hydrogens is 507 g/mol. The van der Waals surface area contributed by atoms with E-state index in [1.54, 1.807) is 32.9 Å². The number of hydrogen-bond acceptors (Lipinski definition) is 6. The van der Waals surface area contributed by atoms with E-state index in [0.717, 1.165) is 17.0 Å². The van der Waals surface area contributed by atoms with E-state index in [1.165, 1.54) is 29.7 Å². The van der Waals surface area contributed by atoms with Gasteiger partial charge < -0.3 is 14.5 Å². The van der Waals surface area contributed by atoms with Crippen LogP contribution in [0.15, 0.2) is 30.4 Å². The largest absolute Gasteiger partial charge is 0.443 e. The Morgan fingerprint density at radius 3 is 2.29 bits per heavy atom. The number of carbonyl (C=O) groups is 4. The molecule has 2 aliphatic heterocycles. The van der Waals surface area contributed by atoms with Gasteiger partial charge in [-0.2, -0.15) is 18.4 Å². The summed E-state index contributed by atoms with van der Waals surface area (Å²) in [7, 11) is 0. The van der Waals surface area contributed by atoms with Crippen LogP contribution >= 0.6 is 0 Å². The molecule has 2 saturated heterocycles. The number of urea groups is 2. The van der Waals surface area contributed by atoms with Crippen LogP contribution in [0.5, 0.6) is 0 Å². The lowest BCUT2D eigenvalue weighted by Crippen LogP contribution is -2.44. The molecular formula is C25H28F3N5O5. The average Bonchev–Trinajstić information content (AvgIpc) is 3.24. The molecule has 0 unspecified atom stereocenters. The first kappa shape index (κ1) is 28.5. The van der Waals surface area contributed by atoms with E-state index in [1.807, 2.05) is 0 Å². The van der Waals surface area contributed by atoms with E-state index in [2.05, 4.69) is 0 Å². The van der Waals surface area contributed by atoms with Gasteiger partial charge in [0.2, 0.25) is 0 Å². The maximum atomic E-state index is 13.4. The molecule has 1 aromatic carbocycles. The lowest BCUT2D eigenvalue weighted by Gasteiger charge is -2.26. The first-order valence-corrected chi connectivity index (χ1v) is 11.7. The van der Waals surface area contributed by atoms with Gasteiger partial charge >= 0.3 is 24.3 Å². The highest BCUT2D eigenvalue weighted by Gasteiger charge is 2.51. The Bertz CT molecular complexity index is 1230. The number of alkyl halides is 3. The van der Waals surface area contributed by atoms with Crippen molar-refractivity contribution in [1.82, 2.24) is 14.7 Å². The minimum Gasteiger partial charge on any atom is -0.443 e. The van der Waals surface area contributed by atoms with Gasteiger partial charge in [-0.05, 0) is 52.8 Å². The third-order valence-electron chi connectivity index (χ3n) is 6.00. The molecule has 38 heavy (non-hydrogen) atoms. The van der Waals surface area contributed by atoms with Crippen molar-refractivity contribution < 1.29 is 37.1 Å². The first-order valence-electron chi connectivity index (χ1n) is 11.7. The molecule has 13 heteroatoms. The number of amides is 6. The lowest BCUT2D eigenvalue weighted by atomic mass is 10.0. The normalized spacial score (nSPS) is 18.1. The van der Waals surface area contributed by atoms with Gasteiger partial charge in [0.15, 0.2) is 0 Å². The van der Waals surface area contributed by atoms with Gasteiger partial charge in [0, 0.05) is 19.6 Å². The van der Waals surface area contributed by atoms with E-state index in [-0.39, 0.29) is 31.9 Å². The zero-order chi connectivity index (χ0) is 28.6. The Labute approximate surface area is 217 Å². The molecule has 6 amide bonds. The number of imide groups is 2. The summed E-state index contributed by atoms with van der Waals surface area (Å²) in [6.45, 7) is 8.52. The number of ether oxygens (including phenoxy) is 1. The summed E-state index contributed by atoms with van der Waals surface area (Å²) in [5.74, 6) is -0.726. The predicted octanol–water partition coefficient (Wildman–Crippen LogP) is 4.35. The van der Waals surface area contributed by atoms with Crippen molar-refractivity contribution in [2.45, 2.75) is 51.9 Å². The summed E-state index contributed by atoms with van der Waals surface area (Å²) in [4.78, 5) is 55.1. The van der Waals surface area contributed by atoms with Gasteiger partial charge in [0.05, 0.1) is 29.4 Å². The number of carbonyl (C=O) groups excluding carboxylic acids is 4. The third-order valence-corrected chi connectivity index (χ3v) is 6.00. The van der Waals surface area contributed by atoms with Gasteiger partial charge in [-0.25, -0.2) is 24.2 Å². The average molecular weight is 536 g/mol. The predicted molar refractivity (Wildman–Crippen MR) is 129 cm³/mol. The zero-order valence-corrected chi connectivity index (χ0v) is 21.6. The van der Waals surface area contributed by atoms with Crippen LogP contribution in [0.2, 0.25) is 0 Å². The number of nitriles is 1. The Morgan fingerprint density at radius 2 is 1.71 bits per heavy atom. The number of benzene rings is 1. The molecule has 2 fully saturated rings. The topological polar surface area (TPSA) is 114 Å². The number of anilines is 1. The number of rotatable bonds is 5. The molecule has 0 spiro atoms.